The Bertz CT molecular complexity index is 1430. The Hall–Kier alpha value is -3.56. The summed E-state index contributed by atoms with van der Waals surface area (Å²) in [5.41, 5.74) is 1.86. The zero-order chi connectivity index (χ0) is 30.7. The molecule has 0 spiro atoms. The Kier molecular flexibility index (Phi) is 12.2. The van der Waals surface area contributed by atoms with Gasteiger partial charge >= 0.3 is 0 Å². The fraction of sp³-hybridized carbons (Fsp3) is 0.375. The smallest absolute Gasteiger partial charge is 0.264 e. The van der Waals surface area contributed by atoms with E-state index in [0.717, 1.165) is 22.7 Å². The summed E-state index contributed by atoms with van der Waals surface area (Å²) in [6.07, 6.45) is 2.05. The van der Waals surface area contributed by atoms with Crippen LogP contribution in [0.15, 0.2) is 77.7 Å². The van der Waals surface area contributed by atoms with Crippen molar-refractivity contribution in [2.75, 3.05) is 24.0 Å². The molecule has 0 aliphatic heterocycles. The standard InChI is InChI=1S/C32H40ClN3O5S/c1-5-8-21-34-32(38)30(6-2)35(22-25-11-9-10-12-29(25)33)31(37)23-36(26-15-17-27(18-16-26)41-7-3)42(39,40)28-19-13-24(4)14-20-28/h9-20,30H,5-8,21-23H2,1-4H3,(H,34,38)/t30-/m0/s1. The lowest BCUT2D eigenvalue weighted by atomic mass is 10.1. The fourth-order valence-electron chi connectivity index (χ4n) is 4.48. The van der Waals surface area contributed by atoms with Crippen molar-refractivity contribution in [3.63, 3.8) is 0 Å². The van der Waals surface area contributed by atoms with E-state index in [1.54, 1.807) is 60.7 Å². The van der Waals surface area contributed by atoms with Crippen LogP contribution in [-0.4, -0.2) is 50.9 Å². The van der Waals surface area contributed by atoms with Crippen LogP contribution >= 0.6 is 11.6 Å². The van der Waals surface area contributed by atoms with Gasteiger partial charge in [-0.05, 0) is 74.7 Å². The number of amides is 2. The molecule has 3 rings (SSSR count). The van der Waals surface area contributed by atoms with Crippen molar-refractivity contribution >= 4 is 39.1 Å². The third kappa shape index (κ3) is 8.49. The quantitative estimate of drug-likeness (QED) is 0.213. The number of benzene rings is 3. The molecule has 0 aliphatic carbocycles. The fourth-order valence-corrected chi connectivity index (χ4v) is 6.09. The van der Waals surface area contributed by atoms with Gasteiger partial charge in [-0.3, -0.25) is 13.9 Å². The minimum Gasteiger partial charge on any atom is -0.494 e. The van der Waals surface area contributed by atoms with E-state index >= 15 is 0 Å². The molecule has 0 aliphatic rings. The Morgan fingerprint density at radius 1 is 0.952 bits per heavy atom. The molecule has 3 aromatic rings. The van der Waals surface area contributed by atoms with E-state index in [4.69, 9.17) is 16.3 Å². The Morgan fingerprint density at radius 3 is 2.21 bits per heavy atom. The zero-order valence-electron chi connectivity index (χ0n) is 24.7. The van der Waals surface area contributed by atoms with E-state index in [2.05, 4.69) is 5.32 Å². The van der Waals surface area contributed by atoms with Crippen molar-refractivity contribution in [3.8, 4) is 5.75 Å². The molecule has 1 atom stereocenters. The van der Waals surface area contributed by atoms with Gasteiger partial charge in [-0.1, -0.05) is 67.8 Å². The topological polar surface area (TPSA) is 96.0 Å². The first-order chi connectivity index (χ1) is 20.1. The molecule has 0 unspecified atom stereocenters. The van der Waals surface area contributed by atoms with Crippen LogP contribution in [-0.2, 0) is 26.2 Å². The molecule has 1 N–H and O–H groups in total. The molecule has 0 heterocycles. The van der Waals surface area contributed by atoms with Gasteiger partial charge in [0, 0.05) is 18.1 Å². The molecule has 0 fully saturated rings. The molecule has 2 amide bonds. The van der Waals surface area contributed by atoms with E-state index < -0.39 is 28.5 Å². The Labute approximate surface area is 254 Å². The zero-order valence-corrected chi connectivity index (χ0v) is 26.2. The minimum absolute atomic E-state index is 0.0416. The molecule has 0 saturated carbocycles. The van der Waals surface area contributed by atoms with Crippen LogP contribution in [0.4, 0.5) is 5.69 Å². The van der Waals surface area contributed by atoms with Crippen molar-refractivity contribution in [1.29, 1.82) is 0 Å². The van der Waals surface area contributed by atoms with Crippen molar-refractivity contribution < 1.29 is 22.7 Å². The Morgan fingerprint density at radius 2 is 1.62 bits per heavy atom. The summed E-state index contributed by atoms with van der Waals surface area (Å²) < 4.78 is 34.6. The highest BCUT2D eigenvalue weighted by Crippen LogP contribution is 2.27. The average molecular weight is 614 g/mol. The van der Waals surface area contributed by atoms with Gasteiger partial charge in [0.05, 0.1) is 17.2 Å². The van der Waals surface area contributed by atoms with E-state index in [0.29, 0.717) is 41.6 Å². The summed E-state index contributed by atoms with van der Waals surface area (Å²) in [6, 6.07) is 19.3. The van der Waals surface area contributed by atoms with Gasteiger partial charge in [0.1, 0.15) is 18.3 Å². The number of rotatable bonds is 15. The van der Waals surface area contributed by atoms with Crippen molar-refractivity contribution in [1.82, 2.24) is 10.2 Å². The maximum absolute atomic E-state index is 14.2. The number of carbonyl (C=O) groups excluding carboxylic acids is 2. The Balaban J connectivity index is 2.05. The maximum Gasteiger partial charge on any atom is 0.264 e. The minimum atomic E-state index is -4.16. The summed E-state index contributed by atoms with van der Waals surface area (Å²) in [7, 11) is -4.16. The van der Waals surface area contributed by atoms with Gasteiger partial charge in [0.25, 0.3) is 10.0 Å². The first kappa shape index (κ1) is 32.9. The highest BCUT2D eigenvalue weighted by atomic mass is 35.5. The number of anilines is 1. The summed E-state index contributed by atoms with van der Waals surface area (Å²) in [5, 5.41) is 3.37. The molecular weight excluding hydrogens is 574 g/mol. The number of ether oxygens (including phenoxy) is 1. The third-order valence-corrected chi connectivity index (χ3v) is 8.99. The van der Waals surface area contributed by atoms with Gasteiger partial charge < -0.3 is 15.0 Å². The molecule has 0 aromatic heterocycles. The van der Waals surface area contributed by atoms with E-state index in [9.17, 15) is 18.0 Å². The van der Waals surface area contributed by atoms with Gasteiger partial charge in [-0.25, -0.2) is 8.42 Å². The number of nitrogens with one attached hydrogen (secondary N) is 1. The molecule has 226 valence electrons. The SMILES string of the molecule is CCCCNC(=O)[C@H](CC)N(Cc1ccccc1Cl)C(=O)CN(c1ccc(OCC)cc1)S(=O)(=O)c1ccc(C)cc1. The monoisotopic (exact) mass is 613 g/mol. The number of hydrogen-bond donors (Lipinski definition) is 1. The number of halogens is 1. The number of sulfonamides is 1. The van der Waals surface area contributed by atoms with Crippen LogP contribution in [0.25, 0.3) is 0 Å². The second kappa shape index (κ2) is 15.6. The molecule has 10 heteroatoms. The van der Waals surface area contributed by atoms with Crippen LogP contribution in [0.1, 0.15) is 51.2 Å². The van der Waals surface area contributed by atoms with Crippen LogP contribution in [0.2, 0.25) is 5.02 Å². The molecule has 8 nitrogen and oxygen atoms in total. The molecule has 42 heavy (non-hydrogen) atoms. The van der Waals surface area contributed by atoms with Crippen LogP contribution < -0.4 is 14.4 Å². The van der Waals surface area contributed by atoms with Crippen LogP contribution in [0, 0.1) is 6.92 Å². The lowest BCUT2D eigenvalue weighted by Crippen LogP contribution is -2.52. The summed E-state index contributed by atoms with van der Waals surface area (Å²) >= 11 is 6.45. The van der Waals surface area contributed by atoms with Gasteiger partial charge in [-0.15, -0.1) is 0 Å². The van der Waals surface area contributed by atoms with Crippen LogP contribution in [0.3, 0.4) is 0 Å². The first-order valence-corrected chi connectivity index (χ1v) is 16.1. The average Bonchev–Trinajstić information content (AvgIpc) is 2.97. The maximum atomic E-state index is 14.2. The van der Waals surface area contributed by atoms with Crippen molar-refractivity contribution in [2.45, 2.75) is 64.4 Å². The summed E-state index contributed by atoms with van der Waals surface area (Å²) in [4.78, 5) is 28.9. The summed E-state index contributed by atoms with van der Waals surface area (Å²) in [5.74, 6) is -0.243. The lowest BCUT2D eigenvalue weighted by molar-refractivity contribution is -0.140. The van der Waals surface area contributed by atoms with Gasteiger partial charge in [-0.2, -0.15) is 0 Å². The predicted molar refractivity (Wildman–Crippen MR) is 167 cm³/mol. The highest BCUT2D eigenvalue weighted by molar-refractivity contribution is 7.92. The number of carbonyl (C=O) groups is 2. The number of unbranched alkanes of at least 4 members (excludes halogenated alkanes) is 1. The normalized spacial score (nSPS) is 11.9. The third-order valence-electron chi connectivity index (χ3n) is 6.84. The highest BCUT2D eigenvalue weighted by Gasteiger charge is 2.34. The van der Waals surface area contributed by atoms with Gasteiger partial charge in [0.15, 0.2) is 0 Å². The lowest BCUT2D eigenvalue weighted by Gasteiger charge is -2.33. The number of hydrogen-bond acceptors (Lipinski definition) is 5. The molecular formula is C32H40ClN3O5S. The molecule has 3 aromatic carbocycles. The second-order valence-corrected chi connectivity index (χ2v) is 12.2. The van der Waals surface area contributed by atoms with Crippen molar-refractivity contribution in [3.05, 3.63) is 88.9 Å². The number of nitrogens with zero attached hydrogens (tertiary/aromatic N) is 2. The largest absolute Gasteiger partial charge is 0.494 e. The molecule has 0 saturated heterocycles. The van der Waals surface area contributed by atoms with Crippen molar-refractivity contribution in [2.24, 2.45) is 0 Å². The predicted octanol–water partition coefficient (Wildman–Crippen LogP) is 5.97. The van der Waals surface area contributed by atoms with Gasteiger partial charge in [0.2, 0.25) is 11.8 Å². The van der Waals surface area contributed by atoms with E-state index in [1.807, 2.05) is 27.7 Å². The summed E-state index contributed by atoms with van der Waals surface area (Å²) in [6.45, 7) is 8.04. The first-order valence-electron chi connectivity index (χ1n) is 14.2. The second-order valence-electron chi connectivity index (χ2n) is 9.93. The molecule has 0 radical (unpaired) electrons. The number of aryl methyl sites for hydroxylation is 1. The molecule has 0 bridgehead atoms. The van der Waals surface area contributed by atoms with E-state index in [-0.39, 0.29) is 17.3 Å². The van der Waals surface area contributed by atoms with Crippen LogP contribution in [0.5, 0.6) is 5.75 Å². The van der Waals surface area contributed by atoms with E-state index in [1.165, 1.54) is 17.0 Å².